The normalized spacial score (nSPS) is 17.5. The van der Waals surface area contributed by atoms with Crippen LogP contribution in [0.5, 0.6) is 6.01 Å². The maximum atomic E-state index is 11.5. The van der Waals surface area contributed by atoms with Gasteiger partial charge >= 0.3 is 12.0 Å². The van der Waals surface area contributed by atoms with Crippen LogP contribution in [0.4, 0.5) is 5.82 Å². The van der Waals surface area contributed by atoms with E-state index in [9.17, 15) is 9.90 Å². The molecule has 0 saturated heterocycles. The Kier molecular flexibility index (Phi) is 5.00. The average molecular weight is 300 g/mol. The van der Waals surface area contributed by atoms with Crippen LogP contribution >= 0.6 is 11.6 Å². The summed E-state index contributed by atoms with van der Waals surface area (Å²) in [6.07, 6.45) is 6.52. The molecule has 1 aliphatic rings. The summed E-state index contributed by atoms with van der Waals surface area (Å²) in [7, 11) is 1.45. The van der Waals surface area contributed by atoms with E-state index in [1.807, 2.05) is 0 Å². The van der Waals surface area contributed by atoms with E-state index in [4.69, 9.17) is 16.3 Å². The molecule has 2 N–H and O–H groups in total. The van der Waals surface area contributed by atoms with Crippen LogP contribution in [0.2, 0.25) is 5.02 Å². The molecule has 1 fully saturated rings. The summed E-state index contributed by atoms with van der Waals surface area (Å²) in [5.41, 5.74) is 0. The maximum Gasteiger partial charge on any atom is 0.326 e. The van der Waals surface area contributed by atoms with Crippen molar-refractivity contribution in [2.24, 2.45) is 5.92 Å². The number of nitrogens with zero attached hydrogens (tertiary/aromatic N) is 2. The van der Waals surface area contributed by atoms with Crippen molar-refractivity contribution in [1.82, 2.24) is 9.97 Å². The van der Waals surface area contributed by atoms with Gasteiger partial charge in [0, 0.05) is 0 Å². The Labute approximate surface area is 122 Å². The van der Waals surface area contributed by atoms with Crippen LogP contribution in [0.1, 0.15) is 32.1 Å². The fourth-order valence-corrected chi connectivity index (χ4v) is 2.69. The highest BCUT2D eigenvalue weighted by Crippen LogP contribution is 2.30. The zero-order valence-corrected chi connectivity index (χ0v) is 12.1. The van der Waals surface area contributed by atoms with Crippen LogP contribution in [-0.2, 0) is 4.79 Å². The number of hydrogen-bond donors (Lipinski definition) is 2. The van der Waals surface area contributed by atoms with Gasteiger partial charge in [-0.15, -0.1) is 0 Å². The van der Waals surface area contributed by atoms with Gasteiger partial charge in [-0.25, -0.2) is 9.78 Å². The zero-order chi connectivity index (χ0) is 14.5. The molecule has 0 aliphatic heterocycles. The van der Waals surface area contributed by atoms with Crippen LogP contribution in [0.3, 0.4) is 0 Å². The molecule has 1 saturated carbocycles. The van der Waals surface area contributed by atoms with E-state index in [0.717, 1.165) is 25.7 Å². The van der Waals surface area contributed by atoms with E-state index < -0.39 is 12.0 Å². The fraction of sp³-hybridized carbons (Fsp3) is 0.615. The third-order valence-corrected chi connectivity index (χ3v) is 3.86. The Bertz CT molecular complexity index is 478. The summed E-state index contributed by atoms with van der Waals surface area (Å²) < 4.78 is 4.93. The molecule has 1 atom stereocenters. The molecule has 1 aromatic rings. The number of nitrogens with one attached hydrogen (secondary N) is 1. The summed E-state index contributed by atoms with van der Waals surface area (Å²) in [5.74, 6) is -0.486. The number of aromatic nitrogens is 2. The number of carboxylic acid groups (broad SMARTS) is 1. The van der Waals surface area contributed by atoms with Gasteiger partial charge in [0.2, 0.25) is 0 Å². The van der Waals surface area contributed by atoms with Gasteiger partial charge in [0.1, 0.15) is 11.1 Å². The fourth-order valence-electron chi connectivity index (χ4n) is 2.55. The quantitative estimate of drug-likeness (QED) is 0.869. The number of halogens is 1. The number of carboxylic acids is 1. The number of aliphatic carboxylic acids is 1. The van der Waals surface area contributed by atoms with Crippen LogP contribution in [0.15, 0.2) is 6.20 Å². The minimum Gasteiger partial charge on any atom is -0.480 e. The van der Waals surface area contributed by atoms with Gasteiger partial charge in [-0.05, 0) is 18.8 Å². The number of anilines is 1. The Morgan fingerprint density at radius 3 is 2.80 bits per heavy atom. The number of carbonyl (C=O) groups is 1. The van der Waals surface area contributed by atoms with E-state index in [1.165, 1.54) is 19.7 Å². The van der Waals surface area contributed by atoms with E-state index in [-0.39, 0.29) is 17.0 Å². The first-order valence-corrected chi connectivity index (χ1v) is 7.05. The first-order chi connectivity index (χ1) is 9.61. The second-order valence-corrected chi connectivity index (χ2v) is 5.32. The van der Waals surface area contributed by atoms with Gasteiger partial charge in [0.05, 0.1) is 13.3 Å². The van der Waals surface area contributed by atoms with Gasteiger partial charge in [0.25, 0.3) is 0 Å². The molecule has 0 spiro atoms. The second-order valence-electron chi connectivity index (χ2n) is 4.91. The SMILES string of the molecule is COc1ncc(Cl)c(NC(C(=O)O)C2CCCCC2)n1. The van der Waals surface area contributed by atoms with Crippen molar-refractivity contribution in [2.45, 2.75) is 38.1 Å². The lowest BCUT2D eigenvalue weighted by molar-refractivity contribution is -0.139. The van der Waals surface area contributed by atoms with Crippen molar-refractivity contribution >= 4 is 23.4 Å². The highest BCUT2D eigenvalue weighted by Gasteiger charge is 2.30. The molecule has 1 heterocycles. The van der Waals surface area contributed by atoms with Crippen molar-refractivity contribution in [2.75, 3.05) is 12.4 Å². The second kappa shape index (κ2) is 6.74. The van der Waals surface area contributed by atoms with Crippen molar-refractivity contribution in [1.29, 1.82) is 0 Å². The van der Waals surface area contributed by atoms with Crippen LogP contribution in [0.25, 0.3) is 0 Å². The molecule has 110 valence electrons. The Balaban J connectivity index is 2.17. The molecule has 20 heavy (non-hydrogen) atoms. The average Bonchev–Trinajstić information content (AvgIpc) is 2.47. The number of rotatable bonds is 5. The lowest BCUT2D eigenvalue weighted by Crippen LogP contribution is -2.38. The van der Waals surface area contributed by atoms with E-state index in [1.54, 1.807) is 0 Å². The highest BCUT2D eigenvalue weighted by atomic mass is 35.5. The smallest absolute Gasteiger partial charge is 0.326 e. The molecule has 0 bridgehead atoms. The lowest BCUT2D eigenvalue weighted by atomic mass is 9.84. The molecule has 0 aromatic carbocycles. The van der Waals surface area contributed by atoms with Gasteiger partial charge in [-0.3, -0.25) is 0 Å². The number of hydrogen-bond acceptors (Lipinski definition) is 5. The van der Waals surface area contributed by atoms with Gasteiger partial charge < -0.3 is 15.2 Å². The lowest BCUT2D eigenvalue weighted by Gasteiger charge is -2.28. The van der Waals surface area contributed by atoms with Crippen LogP contribution in [0, 0.1) is 5.92 Å². The van der Waals surface area contributed by atoms with E-state index >= 15 is 0 Å². The van der Waals surface area contributed by atoms with Gasteiger partial charge in [-0.1, -0.05) is 30.9 Å². The summed E-state index contributed by atoms with van der Waals surface area (Å²) >= 11 is 6.00. The van der Waals surface area contributed by atoms with E-state index in [2.05, 4.69) is 15.3 Å². The molecule has 2 rings (SSSR count). The Morgan fingerprint density at radius 1 is 1.50 bits per heavy atom. The molecule has 1 aromatic heterocycles. The predicted octanol–water partition coefficient (Wildman–Crippen LogP) is 2.58. The molecule has 0 amide bonds. The van der Waals surface area contributed by atoms with Gasteiger partial charge in [0.15, 0.2) is 5.82 Å². The number of methoxy groups -OCH3 is 1. The van der Waals surface area contributed by atoms with E-state index in [0.29, 0.717) is 5.82 Å². The third-order valence-electron chi connectivity index (χ3n) is 3.58. The molecule has 0 radical (unpaired) electrons. The monoisotopic (exact) mass is 299 g/mol. The Hall–Kier alpha value is -1.56. The largest absolute Gasteiger partial charge is 0.480 e. The number of ether oxygens (including phenoxy) is 1. The summed E-state index contributed by atoms with van der Waals surface area (Å²) in [6, 6.07) is -0.530. The summed E-state index contributed by atoms with van der Waals surface area (Å²) in [6.45, 7) is 0. The minimum absolute atomic E-state index is 0.0956. The van der Waals surface area contributed by atoms with Crippen molar-refractivity contribution in [3.63, 3.8) is 0 Å². The third kappa shape index (κ3) is 3.50. The molecular formula is C13H18ClN3O3. The summed E-state index contributed by atoms with van der Waals surface area (Å²) in [4.78, 5) is 19.4. The van der Waals surface area contributed by atoms with Crippen molar-refractivity contribution in [3.05, 3.63) is 11.2 Å². The van der Waals surface area contributed by atoms with Crippen LogP contribution in [-0.4, -0.2) is 34.2 Å². The maximum absolute atomic E-state index is 11.5. The van der Waals surface area contributed by atoms with Crippen LogP contribution < -0.4 is 10.1 Å². The zero-order valence-electron chi connectivity index (χ0n) is 11.3. The molecule has 7 heteroatoms. The first kappa shape index (κ1) is 14.8. The highest BCUT2D eigenvalue weighted by molar-refractivity contribution is 6.32. The minimum atomic E-state index is -0.884. The van der Waals surface area contributed by atoms with Crippen molar-refractivity contribution < 1.29 is 14.6 Å². The predicted molar refractivity (Wildman–Crippen MR) is 75.2 cm³/mol. The molecule has 1 unspecified atom stereocenters. The first-order valence-electron chi connectivity index (χ1n) is 6.67. The summed E-state index contributed by atoms with van der Waals surface area (Å²) in [5, 5.41) is 12.6. The molecular weight excluding hydrogens is 282 g/mol. The van der Waals surface area contributed by atoms with Gasteiger partial charge in [-0.2, -0.15) is 4.98 Å². The molecule has 6 nitrogen and oxygen atoms in total. The Morgan fingerprint density at radius 2 is 2.20 bits per heavy atom. The topological polar surface area (TPSA) is 84.3 Å². The standard InChI is InChI=1S/C13H18ClN3O3/c1-20-13-15-7-9(14)11(17-13)16-10(12(18)19)8-5-3-2-4-6-8/h7-8,10H,2-6H2,1H3,(H,18,19)(H,15,16,17). The van der Waals surface area contributed by atoms with Crippen molar-refractivity contribution in [3.8, 4) is 6.01 Å². The molecule has 1 aliphatic carbocycles.